The minimum Gasteiger partial charge on any atom is -0.336 e. The Balaban J connectivity index is 1.42. The number of nitrogens with one attached hydrogen (secondary N) is 1. The summed E-state index contributed by atoms with van der Waals surface area (Å²) in [5, 5.41) is 15.6. The maximum absolute atomic E-state index is 12.6. The van der Waals surface area contributed by atoms with Crippen LogP contribution in [0.15, 0.2) is 48.5 Å². The Bertz CT molecular complexity index is 998. The van der Waals surface area contributed by atoms with Crippen molar-refractivity contribution in [3.05, 3.63) is 59.1 Å². The van der Waals surface area contributed by atoms with Gasteiger partial charge >= 0.3 is 6.03 Å². The van der Waals surface area contributed by atoms with Crippen LogP contribution < -0.4 is 10.2 Å². The van der Waals surface area contributed by atoms with Crippen LogP contribution in [0.1, 0.15) is 12.5 Å². The van der Waals surface area contributed by atoms with Gasteiger partial charge in [-0.2, -0.15) is 4.68 Å². The van der Waals surface area contributed by atoms with E-state index in [0.29, 0.717) is 42.8 Å². The van der Waals surface area contributed by atoms with Gasteiger partial charge in [0.2, 0.25) is 5.95 Å². The molecule has 1 aliphatic rings. The van der Waals surface area contributed by atoms with Gasteiger partial charge in [-0.15, -0.1) is 0 Å². The van der Waals surface area contributed by atoms with E-state index >= 15 is 0 Å². The topological polar surface area (TPSA) is 79.2 Å². The number of rotatable bonds is 4. The molecule has 2 aromatic carbocycles. The Kier molecular flexibility index (Phi) is 5.62. The number of piperazine rings is 1. The number of amides is 2. The fraction of sp³-hybridized carbons (Fsp3) is 0.300. The molecule has 3 aromatic rings. The molecule has 29 heavy (non-hydrogen) atoms. The molecule has 1 fully saturated rings. The van der Waals surface area contributed by atoms with Crippen LogP contribution in [0.4, 0.5) is 16.4 Å². The van der Waals surface area contributed by atoms with Crippen LogP contribution in [-0.2, 0) is 6.42 Å². The quantitative estimate of drug-likeness (QED) is 0.713. The van der Waals surface area contributed by atoms with Crippen LogP contribution in [-0.4, -0.2) is 57.3 Å². The fourth-order valence-corrected chi connectivity index (χ4v) is 3.50. The number of carbonyl (C=O) groups is 1. The molecular weight excluding hydrogens is 390 g/mol. The third kappa shape index (κ3) is 4.17. The number of benzene rings is 2. The van der Waals surface area contributed by atoms with E-state index in [1.807, 2.05) is 24.3 Å². The van der Waals surface area contributed by atoms with Crippen LogP contribution in [0.3, 0.4) is 0 Å². The zero-order valence-electron chi connectivity index (χ0n) is 16.1. The van der Waals surface area contributed by atoms with Crippen molar-refractivity contribution >= 4 is 29.3 Å². The first-order valence-corrected chi connectivity index (χ1v) is 9.96. The van der Waals surface area contributed by atoms with E-state index in [-0.39, 0.29) is 6.03 Å². The minimum absolute atomic E-state index is 0.159. The Morgan fingerprint density at radius 2 is 1.90 bits per heavy atom. The van der Waals surface area contributed by atoms with Crippen LogP contribution in [0, 0.1) is 0 Å². The largest absolute Gasteiger partial charge is 0.336 e. The first kappa shape index (κ1) is 19.2. The number of carbonyl (C=O) groups excluding carboxylic acids is 1. The zero-order chi connectivity index (χ0) is 20.2. The SMILES string of the molecule is CCc1cccc(-n2nnnc2N2CCN(C(=O)Nc3ccccc3Cl)CC2)c1. The highest BCUT2D eigenvalue weighted by Crippen LogP contribution is 2.22. The number of para-hydroxylation sites is 1. The summed E-state index contributed by atoms with van der Waals surface area (Å²) in [5.74, 6) is 0.685. The highest BCUT2D eigenvalue weighted by Gasteiger charge is 2.25. The van der Waals surface area contributed by atoms with Gasteiger partial charge in [-0.3, -0.25) is 0 Å². The summed E-state index contributed by atoms with van der Waals surface area (Å²) in [5.41, 5.74) is 2.77. The number of hydrogen-bond acceptors (Lipinski definition) is 5. The fourth-order valence-electron chi connectivity index (χ4n) is 3.32. The van der Waals surface area contributed by atoms with E-state index < -0.39 is 0 Å². The summed E-state index contributed by atoms with van der Waals surface area (Å²) < 4.78 is 1.75. The molecule has 1 aromatic heterocycles. The first-order chi connectivity index (χ1) is 14.2. The minimum atomic E-state index is -0.159. The molecule has 0 saturated carbocycles. The maximum atomic E-state index is 12.6. The summed E-state index contributed by atoms with van der Waals surface area (Å²) in [6, 6.07) is 15.2. The number of aryl methyl sites for hydroxylation is 1. The number of anilines is 2. The van der Waals surface area contributed by atoms with Crippen molar-refractivity contribution in [2.45, 2.75) is 13.3 Å². The predicted octanol–water partition coefficient (Wildman–Crippen LogP) is 3.23. The smallest absolute Gasteiger partial charge is 0.322 e. The Hall–Kier alpha value is -3.13. The normalized spacial score (nSPS) is 14.1. The number of hydrogen-bond donors (Lipinski definition) is 1. The van der Waals surface area contributed by atoms with E-state index in [2.05, 4.69) is 44.8 Å². The van der Waals surface area contributed by atoms with E-state index in [9.17, 15) is 4.79 Å². The molecule has 8 nitrogen and oxygen atoms in total. The third-order valence-electron chi connectivity index (χ3n) is 4.98. The number of nitrogens with zero attached hydrogens (tertiary/aromatic N) is 6. The van der Waals surface area contributed by atoms with Crippen molar-refractivity contribution in [1.82, 2.24) is 25.1 Å². The van der Waals surface area contributed by atoms with Crippen LogP contribution >= 0.6 is 11.6 Å². The molecule has 2 amide bonds. The van der Waals surface area contributed by atoms with Crippen molar-refractivity contribution in [2.75, 3.05) is 36.4 Å². The van der Waals surface area contributed by atoms with Crippen LogP contribution in [0.25, 0.3) is 5.69 Å². The molecular formula is C20H22ClN7O. The van der Waals surface area contributed by atoms with Gasteiger partial charge in [0.25, 0.3) is 0 Å². The average Bonchev–Trinajstić information content (AvgIpc) is 3.25. The molecule has 1 aliphatic heterocycles. The second-order valence-corrected chi connectivity index (χ2v) is 7.21. The van der Waals surface area contributed by atoms with Crippen molar-refractivity contribution in [3.8, 4) is 5.69 Å². The molecule has 0 aliphatic carbocycles. The lowest BCUT2D eigenvalue weighted by Gasteiger charge is -2.34. The van der Waals surface area contributed by atoms with Crippen molar-refractivity contribution in [2.24, 2.45) is 0 Å². The molecule has 1 N–H and O–H groups in total. The highest BCUT2D eigenvalue weighted by atomic mass is 35.5. The van der Waals surface area contributed by atoms with Gasteiger partial charge in [-0.25, -0.2) is 4.79 Å². The maximum Gasteiger partial charge on any atom is 0.322 e. The van der Waals surface area contributed by atoms with Gasteiger partial charge in [-0.05, 0) is 46.7 Å². The molecule has 0 bridgehead atoms. The summed E-state index contributed by atoms with van der Waals surface area (Å²) in [4.78, 5) is 16.4. The Labute approximate surface area is 174 Å². The molecule has 4 rings (SSSR count). The van der Waals surface area contributed by atoms with E-state index in [1.165, 1.54) is 5.56 Å². The first-order valence-electron chi connectivity index (χ1n) is 9.59. The number of urea groups is 1. The summed E-state index contributed by atoms with van der Waals surface area (Å²) in [6.07, 6.45) is 0.949. The lowest BCUT2D eigenvalue weighted by Crippen LogP contribution is -2.50. The van der Waals surface area contributed by atoms with Crippen molar-refractivity contribution < 1.29 is 4.79 Å². The molecule has 1 saturated heterocycles. The third-order valence-corrected chi connectivity index (χ3v) is 5.31. The molecule has 150 valence electrons. The van der Waals surface area contributed by atoms with Crippen LogP contribution in [0.2, 0.25) is 5.02 Å². The monoisotopic (exact) mass is 411 g/mol. The standard InChI is InChI=1S/C20H22ClN7O/c1-2-15-6-5-7-16(14-15)28-19(23-24-25-28)26-10-12-27(13-11-26)20(29)22-18-9-4-3-8-17(18)21/h3-9,14H,2,10-13H2,1H3,(H,22,29). The van der Waals surface area contributed by atoms with Crippen molar-refractivity contribution in [3.63, 3.8) is 0 Å². The Morgan fingerprint density at radius 1 is 1.10 bits per heavy atom. The molecule has 0 spiro atoms. The second-order valence-electron chi connectivity index (χ2n) is 6.80. The molecule has 2 heterocycles. The van der Waals surface area contributed by atoms with Gasteiger partial charge in [-0.1, -0.05) is 47.9 Å². The van der Waals surface area contributed by atoms with E-state index in [0.717, 1.165) is 12.1 Å². The Morgan fingerprint density at radius 3 is 2.66 bits per heavy atom. The van der Waals surface area contributed by atoms with E-state index in [1.54, 1.807) is 21.7 Å². The molecule has 9 heteroatoms. The highest BCUT2D eigenvalue weighted by molar-refractivity contribution is 6.33. The summed E-state index contributed by atoms with van der Waals surface area (Å²) in [7, 11) is 0. The van der Waals surface area contributed by atoms with Gasteiger partial charge in [0.05, 0.1) is 16.4 Å². The van der Waals surface area contributed by atoms with Gasteiger partial charge < -0.3 is 15.1 Å². The number of tetrazole rings is 1. The molecule has 0 unspecified atom stereocenters. The summed E-state index contributed by atoms with van der Waals surface area (Å²) >= 11 is 6.13. The van der Waals surface area contributed by atoms with Crippen molar-refractivity contribution in [1.29, 1.82) is 0 Å². The van der Waals surface area contributed by atoms with E-state index in [4.69, 9.17) is 11.6 Å². The average molecular weight is 412 g/mol. The summed E-state index contributed by atoms with van der Waals surface area (Å²) in [6.45, 7) is 4.54. The van der Waals surface area contributed by atoms with Gasteiger partial charge in [0.15, 0.2) is 0 Å². The lowest BCUT2D eigenvalue weighted by atomic mass is 10.1. The molecule has 0 radical (unpaired) electrons. The number of halogens is 1. The van der Waals surface area contributed by atoms with Gasteiger partial charge in [0.1, 0.15) is 0 Å². The predicted molar refractivity (Wildman–Crippen MR) is 113 cm³/mol. The van der Waals surface area contributed by atoms with Crippen LogP contribution in [0.5, 0.6) is 0 Å². The second kappa shape index (κ2) is 8.48. The number of aromatic nitrogens is 4. The molecule has 0 atom stereocenters. The lowest BCUT2D eigenvalue weighted by molar-refractivity contribution is 0.208. The van der Waals surface area contributed by atoms with Gasteiger partial charge in [0, 0.05) is 26.2 Å². The zero-order valence-corrected chi connectivity index (χ0v) is 16.9.